The van der Waals surface area contributed by atoms with E-state index in [2.05, 4.69) is 26.6 Å². The van der Waals surface area contributed by atoms with Gasteiger partial charge in [-0.05, 0) is 32.9 Å². The van der Waals surface area contributed by atoms with Crippen molar-refractivity contribution in [2.45, 2.75) is 39.0 Å². The normalized spacial score (nSPS) is 12.8. The Bertz CT molecular complexity index is 494. The highest BCUT2D eigenvalue weighted by atomic mass is 32.2. The molecule has 0 aliphatic heterocycles. The van der Waals surface area contributed by atoms with Crippen molar-refractivity contribution in [2.24, 2.45) is 0 Å². The highest BCUT2D eigenvalue weighted by Crippen LogP contribution is 2.27. The van der Waals surface area contributed by atoms with Crippen LogP contribution in [0.15, 0.2) is 16.9 Å². The molecule has 2 heterocycles. The topological polar surface area (TPSA) is 56.7 Å². The van der Waals surface area contributed by atoms with Gasteiger partial charge in [-0.2, -0.15) is 4.98 Å². The Morgan fingerprint density at radius 1 is 1.44 bits per heavy atom. The molecule has 18 heavy (non-hydrogen) atoms. The summed E-state index contributed by atoms with van der Waals surface area (Å²) in [6.45, 7) is 6.97. The lowest BCUT2D eigenvalue weighted by Gasteiger charge is -2.07. The number of aryl methyl sites for hydroxylation is 3. The first-order chi connectivity index (χ1) is 8.66. The average Bonchev–Trinajstić information content (AvgIpc) is 2.94. The summed E-state index contributed by atoms with van der Waals surface area (Å²) < 4.78 is 7.32. The van der Waals surface area contributed by atoms with Gasteiger partial charge in [0.15, 0.2) is 5.82 Å². The Balaban J connectivity index is 1.71. The molecule has 2 rings (SSSR count). The molecular weight excluding hydrogens is 248 g/mol. The van der Waals surface area contributed by atoms with E-state index in [1.807, 2.05) is 38.0 Å². The zero-order valence-electron chi connectivity index (χ0n) is 11.0. The highest BCUT2D eigenvalue weighted by Gasteiger charge is 2.12. The molecule has 2 aromatic rings. The van der Waals surface area contributed by atoms with Crippen LogP contribution in [0.25, 0.3) is 0 Å². The van der Waals surface area contributed by atoms with E-state index in [0.717, 1.165) is 30.4 Å². The van der Waals surface area contributed by atoms with E-state index < -0.39 is 0 Å². The molecule has 0 amide bonds. The highest BCUT2D eigenvalue weighted by molar-refractivity contribution is 7.99. The Morgan fingerprint density at radius 2 is 2.28 bits per heavy atom. The van der Waals surface area contributed by atoms with E-state index >= 15 is 0 Å². The molecule has 0 unspecified atom stereocenters. The third-order valence-electron chi connectivity index (χ3n) is 2.73. The number of hydrogen-bond acceptors (Lipinski definition) is 5. The van der Waals surface area contributed by atoms with Gasteiger partial charge in [-0.25, -0.2) is 4.98 Å². The lowest BCUT2D eigenvalue weighted by Crippen LogP contribution is -2.01. The van der Waals surface area contributed by atoms with E-state index in [0.29, 0.717) is 5.82 Å². The Morgan fingerprint density at radius 3 is 2.89 bits per heavy atom. The third kappa shape index (κ3) is 3.35. The van der Waals surface area contributed by atoms with Gasteiger partial charge in [-0.3, -0.25) is 0 Å². The first kappa shape index (κ1) is 13.1. The van der Waals surface area contributed by atoms with E-state index in [-0.39, 0.29) is 5.25 Å². The number of rotatable bonds is 6. The van der Waals surface area contributed by atoms with Crippen LogP contribution in [0.2, 0.25) is 0 Å². The van der Waals surface area contributed by atoms with Crippen LogP contribution in [0, 0.1) is 13.8 Å². The minimum Gasteiger partial charge on any atom is -0.338 e. The van der Waals surface area contributed by atoms with Gasteiger partial charge < -0.3 is 9.09 Å². The minimum absolute atomic E-state index is 0.259. The quantitative estimate of drug-likeness (QED) is 0.752. The average molecular weight is 266 g/mol. The molecule has 0 aliphatic rings. The first-order valence-electron chi connectivity index (χ1n) is 6.06. The van der Waals surface area contributed by atoms with Gasteiger partial charge in [0.25, 0.3) is 0 Å². The number of hydrogen-bond donors (Lipinski definition) is 0. The molecule has 0 N–H and O–H groups in total. The summed E-state index contributed by atoms with van der Waals surface area (Å²) in [7, 11) is 0. The summed E-state index contributed by atoms with van der Waals surface area (Å²) in [6, 6.07) is 0. The predicted molar refractivity (Wildman–Crippen MR) is 71.5 cm³/mol. The van der Waals surface area contributed by atoms with Crippen LogP contribution in [0.3, 0.4) is 0 Å². The summed E-state index contributed by atoms with van der Waals surface area (Å²) in [5.41, 5.74) is 0. The number of aromatic nitrogens is 4. The standard InChI is InChI=1S/C12H18N4OS/c1-9(12-14-10(2)15-17-12)18-8-4-6-16-7-5-13-11(16)3/h5,7,9H,4,6,8H2,1-3H3/t9-/m0/s1. The van der Waals surface area contributed by atoms with Gasteiger partial charge in [-0.1, -0.05) is 5.16 Å². The largest absolute Gasteiger partial charge is 0.338 e. The molecular formula is C12H18N4OS. The SMILES string of the molecule is Cc1noc([C@H](C)SCCCn2ccnc2C)n1. The molecule has 0 aliphatic carbocycles. The molecule has 98 valence electrons. The fourth-order valence-electron chi connectivity index (χ4n) is 1.68. The lowest BCUT2D eigenvalue weighted by atomic mass is 10.4. The maximum atomic E-state index is 5.15. The summed E-state index contributed by atoms with van der Waals surface area (Å²) in [5.74, 6) is 3.56. The van der Waals surface area contributed by atoms with Crippen molar-refractivity contribution in [3.63, 3.8) is 0 Å². The molecule has 0 aromatic carbocycles. The second-order valence-corrected chi connectivity index (χ2v) is 5.66. The summed E-state index contributed by atoms with van der Waals surface area (Å²) in [4.78, 5) is 8.44. The van der Waals surface area contributed by atoms with Crippen molar-refractivity contribution in [2.75, 3.05) is 5.75 Å². The van der Waals surface area contributed by atoms with E-state index in [4.69, 9.17) is 4.52 Å². The fraction of sp³-hybridized carbons (Fsp3) is 0.583. The molecule has 6 heteroatoms. The first-order valence-corrected chi connectivity index (χ1v) is 7.11. The second-order valence-electron chi connectivity index (χ2n) is 4.21. The molecule has 0 saturated carbocycles. The van der Waals surface area contributed by atoms with Crippen molar-refractivity contribution in [1.82, 2.24) is 19.7 Å². The number of thioether (sulfide) groups is 1. The van der Waals surface area contributed by atoms with Crippen LogP contribution < -0.4 is 0 Å². The van der Waals surface area contributed by atoms with Gasteiger partial charge in [0.2, 0.25) is 5.89 Å². The zero-order valence-corrected chi connectivity index (χ0v) is 11.8. The Hall–Kier alpha value is -1.30. The molecule has 1 atom stereocenters. The molecule has 0 spiro atoms. The fourth-order valence-corrected chi connectivity index (χ4v) is 2.57. The Labute approximate surface area is 111 Å². The minimum atomic E-state index is 0.259. The van der Waals surface area contributed by atoms with E-state index in [9.17, 15) is 0 Å². The smallest absolute Gasteiger partial charge is 0.239 e. The molecule has 2 aromatic heterocycles. The Kier molecular flexibility index (Phi) is 4.41. The van der Waals surface area contributed by atoms with Gasteiger partial charge >= 0.3 is 0 Å². The predicted octanol–water partition coefficient (Wildman–Crippen LogP) is 2.77. The van der Waals surface area contributed by atoms with Crippen molar-refractivity contribution in [3.8, 4) is 0 Å². The van der Waals surface area contributed by atoms with Crippen LogP contribution in [0.1, 0.15) is 36.1 Å². The van der Waals surface area contributed by atoms with Crippen molar-refractivity contribution < 1.29 is 4.52 Å². The van der Waals surface area contributed by atoms with Gasteiger partial charge in [0.05, 0.1) is 5.25 Å². The third-order valence-corrected chi connectivity index (χ3v) is 3.95. The number of nitrogens with zero attached hydrogens (tertiary/aromatic N) is 4. The zero-order chi connectivity index (χ0) is 13.0. The van der Waals surface area contributed by atoms with Crippen LogP contribution in [0.4, 0.5) is 0 Å². The molecule has 0 bridgehead atoms. The van der Waals surface area contributed by atoms with Gasteiger partial charge in [0, 0.05) is 18.9 Å². The summed E-state index contributed by atoms with van der Waals surface area (Å²) >= 11 is 1.84. The maximum absolute atomic E-state index is 5.15. The molecule has 0 fully saturated rings. The van der Waals surface area contributed by atoms with Crippen LogP contribution >= 0.6 is 11.8 Å². The van der Waals surface area contributed by atoms with Crippen molar-refractivity contribution in [3.05, 3.63) is 29.9 Å². The van der Waals surface area contributed by atoms with Crippen LogP contribution in [-0.2, 0) is 6.54 Å². The number of imidazole rings is 1. The molecule has 0 radical (unpaired) electrons. The van der Waals surface area contributed by atoms with Crippen LogP contribution in [0.5, 0.6) is 0 Å². The van der Waals surface area contributed by atoms with Crippen molar-refractivity contribution >= 4 is 11.8 Å². The second kappa shape index (κ2) is 6.04. The summed E-state index contributed by atoms with van der Waals surface area (Å²) in [6.07, 6.45) is 4.97. The van der Waals surface area contributed by atoms with Crippen molar-refractivity contribution in [1.29, 1.82) is 0 Å². The summed E-state index contributed by atoms with van der Waals surface area (Å²) in [5, 5.41) is 4.07. The van der Waals surface area contributed by atoms with E-state index in [1.54, 1.807) is 0 Å². The molecule has 0 saturated heterocycles. The van der Waals surface area contributed by atoms with Gasteiger partial charge in [0.1, 0.15) is 5.82 Å². The maximum Gasteiger partial charge on any atom is 0.239 e. The van der Waals surface area contributed by atoms with Gasteiger partial charge in [-0.15, -0.1) is 11.8 Å². The van der Waals surface area contributed by atoms with Crippen LogP contribution in [-0.4, -0.2) is 25.4 Å². The lowest BCUT2D eigenvalue weighted by molar-refractivity contribution is 0.376. The monoisotopic (exact) mass is 266 g/mol. The molecule has 5 nitrogen and oxygen atoms in total. The van der Waals surface area contributed by atoms with E-state index in [1.165, 1.54) is 0 Å².